The molecule has 142 valence electrons. The first kappa shape index (κ1) is 20.4. The highest BCUT2D eigenvalue weighted by molar-refractivity contribution is 7.09. The second kappa shape index (κ2) is 9.17. The number of carbonyl (C=O) groups is 1. The fraction of sp³-hybridized carbons (Fsp3) is 0.524. The van der Waals surface area contributed by atoms with Crippen LogP contribution in [0.25, 0.3) is 0 Å². The Morgan fingerprint density at radius 3 is 2.65 bits per heavy atom. The van der Waals surface area contributed by atoms with E-state index in [2.05, 4.69) is 51.7 Å². The maximum Gasteiger partial charge on any atom is 0.222 e. The molecule has 0 aliphatic rings. The third-order valence-corrected chi connectivity index (χ3v) is 5.66. The molecule has 4 nitrogen and oxygen atoms in total. The van der Waals surface area contributed by atoms with Crippen molar-refractivity contribution < 1.29 is 9.53 Å². The average Bonchev–Trinajstić information content (AvgIpc) is 3.07. The Hall–Kier alpha value is -1.88. The standard InChI is InChI=1S/C21H30N2O2S/c1-7-16(5)23(21(24)8-2)11-18-13-26-20(22-18)12-25-19-10-14(3)9-15(4)17(19)6/h9-10,13,16H,7-8,11-12H2,1-6H3/t16-/m0/s1. The van der Waals surface area contributed by atoms with Crippen molar-refractivity contribution in [1.82, 2.24) is 9.88 Å². The Kier molecular flexibility index (Phi) is 7.21. The topological polar surface area (TPSA) is 42.4 Å². The molecule has 2 rings (SSSR count). The monoisotopic (exact) mass is 374 g/mol. The second-order valence-corrected chi connectivity index (χ2v) is 7.80. The molecule has 2 aromatic rings. The summed E-state index contributed by atoms with van der Waals surface area (Å²) in [5, 5.41) is 2.97. The van der Waals surface area contributed by atoms with E-state index in [9.17, 15) is 4.79 Å². The lowest BCUT2D eigenvalue weighted by atomic mass is 10.1. The van der Waals surface area contributed by atoms with E-state index in [4.69, 9.17) is 4.74 Å². The summed E-state index contributed by atoms with van der Waals surface area (Å²) < 4.78 is 6.01. The van der Waals surface area contributed by atoms with Gasteiger partial charge in [-0.1, -0.05) is 19.9 Å². The molecule has 0 saturated heterocycles. The highest BCUT2D eigenvalue weighted by Crippen LogP contribution is 2.25. The fourth-order valence-electron chi connectivity index (χ4n) is 2.87. The zero-order valence-electron chi connectivity index (χ0n) is 16.8. The first-order valence-corrected chi connectivity index (χ1v) is 10.2. The van der Waals surface area contributed by atoms with Gasteiger partial charge < -0.3 is 9.64 Å². The molecule has 0 aliphatic carbocycles. The molecule has 26 heavy (non-hydrogen) atoms. The fourth-order valence-corrected chi connectivity index (χ4v) is 3.56. The van der Waals surface area contributed by atoms with Crippen LogP contribution in [0.4, 0.5) is 0 Å². The molecule has 0 fully saturated rings. The van der Waals surface area contributed by atoms with Gasteiger partial charge in [0.05, 0.1) is 12.2 Å². The first-order chi connectivity index (χ1) is 12.3. The van der Waals surface area contributed by atoms with Crippen molar-refractivity contribution in [2.24, 2.45) is 0 Å². The Bertz CT molecular complexity index is 754. The van der Waals surface area contributed by atoms with Crippen molar-refractivity contribution in [1.29, 1.82) is 0 Å². The van der Waals surface area contributed by atoms with Crippen LogP contribution in [-0.4, -0.2) is 21.8 Å². The lowest BCUT2D eigenvalue weighted by Crippen LogP contribution is -2.37. The van der Waals surface area contributed by atoms with Gasteiger partial charge in [-0.15, -0.1) is 11.3 Å². The van der Waals surface area contributed by atoms with Crippen LogP contribution in [0.15, 0.2) is 17.5 Å². The van der Waals surface area contributed by atoms with E-state index in [-0.39, 0.29) is 11.9 Å². The number of amides is 1. The Morgan fingerprint density at radius 1 is 1.27 bits per heavy atom. The van der Waals surface area contributed by atoms with Gasteiger partial charge in [-0.3, -0.25) is 4.79 Å². The maximum atomic E-state index is 12.2. The first-order valence-electron chi connectivity index (χ1n) is 9.29. The Labute approximate surface area is 161 Å². The number of ether oxygens (including phenoxy) is 1. The van der Waals surface area contributed by atoms with E-state index in [0.29, 0.717) is 19.6 Å². The van der Waals surface area contributed by atoms with Crippen LogP contribution < -0.4 is 4.74 Å². The second-order valence-electron chi connectivity index (χ2n) is 6.86. The summed E-state index contributed by atoms with van der Waals surface area (Å²) in [7, 11) is 0. The van der Waals surface area contributed by atoms with E-state index >= 15 is 0 Å². The summed E-state index contributed by atoms with van der Waals surface area (Å²) in [5.74, 6) is 1.10. The van der Waals surface area contributed by atoms with E-state index in [0.717, 1.165) is 22.9 Å². The largest absolute Gasteiger partial charge is 0.486 e. The number of hydrogen-bond acceptors (Lipinski definition) is 4. The molecule has 0 N–H and O–H groups in total. The smallest absolute Gasteiger partial charge is 0.222 e. The average molecular weight is 375 g/mol. The lowest BCUT2D eigenvalue weighted by molar-refractivity contribution is -0.133. The van der Waals surface area contributed by atoms with E-state index in [1.807, 2.05) is 17.2 Å². The molecule has 0 unspecified atom stereocenters. The van der Waals surface area contributed by atoms with Crippen molar-refractivity contribution in [3.05, 3.63) is 44.9 Å². The van der Waals surface area contributed by atoms with E-state index in [1.165, 1.54) is 16.7 Å². The zero-order chi connectivity index (χ0) is 19.3. The number of thiazole rings is 1. The molecule has 0 aliphatic heterocycles. The number of aromatic nitrogens is 1. The van der Waals surface area contributed by atoms with Gasteiger partial charge in [-0.05, 0) is 56.9 Å². The molecule has 5 heteroatoms. The molecule has 1 aromatic carbocycles. The van der Waals surface area contributed by atoms with E-state index < -0.39 is 0 Å². The molecule has 1 atom stereocenters. The quantitative estimate of drug-likeness (QED) is 0.639. The highest BCUT2D eigenvalue weighted by Gasteiger charge is 2.19. The van der Waals surface area contributed by atoms with Gasteiger partial charge >= 0.3 is 0 Å². The minimum absolute atomic E-state index is 0.177. The normalized spacial score (nSPS) is 12.1. The molecule has 0 saturated carbocycles. The van der Waals surface area contributed by atoms with E-state index in [1.54, 1.807) is 11.3 Å². The molecular weight excluding hydrogens is 344 g/mol. The molecule has 1 amide bonds. The molecule has 0 spiro atoms. The predicted molar refractivity (Wildman–Crippen MR) is 108 cm³/mol. The highest BCUT2D eigenvalue weighted by atomic mass is 32.1. The van der Waals surface area contributed by atoms with Gasteiger partial charge in [0.1, 0.15) is 17.4 Å². The third kappa shape index (κ3) is 5.07. The molecule has 1 heterocycles. The maximum absolute atomic E-state index is 12.2. The van der Waals surface area contributed by atoms with Gasteiger partial charge in [-0.2, -0.15) is 0 Å². The summed E-state index contributed by atoms with van der Waals surface area (Å²) in [6.45, 7) is 13.4. The Balaban J connectivity index is 2.04. The molecule has 0 bridgehead atoms. The number of hydrogen-bond donors (Lipinski definition) is 0. The van der Waals surface area contributed by atoms with Gasteiger partial charge in [0, 0.05) is 17.8 Å². The van der Waals surface area contributed by atoms with Gasteiger partial charge in [0.25, 0.3) is 0 Å². The van der Waals surface area contributed by atoms with Crippen LogP contribution in [0.1, 0.15) is 61.0 Å². The number of carbonyl (C=O) groups excluding carboxylic acids is 1. The van der Waals surface area contributed by atoms with Gasteiger partial charge in [-0.25, -0.2) is 4.98 Å². The minimum Gasteiger partial charge on any atom is -0.486 e. The summed E-state index contributed by atoms with van der Waals surface area (Å²) in [4.78, 5) is 18.8. The lowest BCUT2D eigenvalue weighted by Gasteiger charge is -2.27. The third-order valence-electron chi connectivity index (χ3n) is 4.79. The number of aryl methyl sites for hydroxylation is 2. The van der Waals surface area contributed by atoms with Crippen LogP contribution in [-0.2, 0) is 17.9 Å². The summed E-state index contributed by atoms with van der Waals surface area (Å²) in [5.41, 5.74) is 4.55. The van der Waals surface area contributed by atoms with Gasteiger partial charge in [0.15, 0.2) is 0 Å². The molecule has 0 radical (unpaired) electrons. The van der Waals surface area contributed by atoms with Crippen LogP contribution in [0.3, 0.4) is 0 Å². The van der Waals surface area contributed by atoms with Crippen molar-refractivity contribution in [3.8, 4) is 5.75 Å². The SMILES string of the molecule is CCC(=O)N(Cc1csc(COc2cc(C)cc(C)c2C)n1)[C@@H](C)CC. The van der Waals surface area contributed by atoms with Crippen LogP contribution in [0.2, 0.25) is 0 Å². The molecular formula is C21H30N2O2S. The van der Waals surface area contributed by atoms with Gasteiger partial charge in [0.2, 0.25) is 5.91 Å². The summed E-state index contributed by atoms with van der Waals surface area (Å²) >= 11 is 1.59. The summed E-state index contributed by atoms with van der Waals surface area (Å²) in [6, 6.07) is 4.46. The van der Waals surface area contributed by atoms with Crippen molar-refractivity contribution >= 4 is 17.2 Å². The van der Waals surface area contributed by atoms with Crippen molar-refractivity contribution in [2.45, 2.75) is 73.6 Å². The minimum atomic E-state index is 0.177. The summed E-state index contributed by atoms with van der Waals surface area (Å²) in [6.07, 6.45) is 1.47. The van der Waals surface area contributed by atoms with Crippen LogP contribution in [0.5, 0.6) is 5.75 Å². The zero-order valence-corrected chi connectivity index (χ0v) is 17.6. The van der Waals surface area contributed by atoms with Crippen LogP contribution >= 0.6 is 11.3 Å². The number of rotatable bonds is 8. The predicted octanol–water partition coefficient (Wildman–Crippen LogP) is 5.18. The van der Waals surface area contributed by atoms with Crippen molar-refractivity contribution in [3.63, 3.8) is 0 Å². The number of nitrogens with zero attached hydrogens (tertiary/aromatic N) is 2. The molecule has 1 aromatic heterocycles. The van der Waals surface area contributed by atoms with Crippen LogP contribution in [0, 0.1) is 20.8 Å². The van der Waals surface area contributed by atoms with Crippen molar-refractivity contribution in [2.75, 3.05) is 0 Å². The Morgan fingerprint density at radius 2 is 2.00 bits per heavy atom. The number of benzene rings is 1.